The molecular formula is C39H41Cl2N5O4. The molecule has 1 aromatic heterocycles. The van der Waals surface area contributed by atoms with E-state index in [-0.39, 0.29) is 23.9 Å². The first kappa shape index (κ1) is 34.3. The van der Waals surface area contributed by atoms with Gasteiger partial charge in [0.2, 0.25) is 17.7 Å². The van der Waals surface area contributed by atoms with Crippen molar-refractivity contribution in [2.24, 2.45) is 0 Å². The van der Waals surface area contributed by atoms with E-state index < -0.39 is 0 Å². The van der Waals surface area contributed by atoms with Gasteiger partial charge in [-0.3, -0.25) is 14.5 Å². The van der Waals surface area contributed by atoms with Gasteiger partial charge in [-0.05, 0) is 42.5 Å². The lowest BCUT2D eigenvalue weighted by molar-refractivity contribution is -0.120. The van der Waals surface area contributed by atoms with E-state index in [4.69, 9.17) is 37.7 Å². The first-order chi connectivity index (χ1) is 24.3. The number of carbonyl (C=O) groups excluding carboxylic acids is 2. The van der Waals surface area contributed by atoms with Crippen LogP contribution in [-0.2, 0) is 29.1 Å². The average molecular weight is 715 g/mol. The minimum Gasteiger partial charge on any atom is -0.496 e. The van der Waals surface area contributed by atoms with Gasteiger partial charge in [0.05, 0.1) is 30.0 Å². The molecule has 50 heavy (non-hydrogen) atoms. The molecule has 0 saturated carbocycles. The maximum atomic E-state index is 11.7. The minimum absolute atomic E-state index is 0.104. The van der Waals surface area contributed by atoms with E-state index in [1.165, 1.54) is 11.1 Å². The van der Waals surface area contributed by atoms with Crippen molar-refractivity contribution in [1.29, 1.82) is 0 Å². The maximum absolute atomic E-state index is 11.7. The predicted octanol–water partition coefficient (Wildman–Crippen LogP) is 6.41. The minimum atomic E-state index is 0.104. The zero-order valence-electron chi connectivity index (χ0n) is 28.3. The van der Waals surface area contributed by atoms with Crippen molar-refractivity contribution in [3.05, 3.63) is 87.4 Å². The molecule has 11 heteroatoms. The van der Waals surface area contributed by atoms with Crippen molar-refractivity contribution in [2.45, 2.75) is 57.3 Å². The number of hydrogen-bond acceptors (Lipinski definition) is 7. The third kappa shape index (κ3) is 7.19. The van der Waals surface area contributed by atoms with Gasteiger partial charge in [0.25, 0.3) is 0 Å². The van der Waals surface area contributed by atoms with Gasteiger partial charge in [0.1, 0.15) is 5.75 Å². The molecule has 0 radical (unpaired) electrons. The SMILES string of the molecule is COc1cc(-c2cccc(-c3cccc(-c4ccc(CNC[C@@H]5CCC(=O)N5)c(OC)n4)c3Cl)c2Cl)cc2c1CN(C[C@@H]1CCC(=O)N1)CC2. The summed E-state index contributed by atoms with van der Waals surface area (Å²) in [5.74, 6) is 1.60. The number of aromatic nitrogens is 1. The molecule has 3 aromatic carbocycles. The van der Waals surface area contributed by atoms with E-state index in [1.807, 2.05) is 48.5 Å². The van der Waals surface area contributed by atoms with Gasteiger partial charge in [-0.1, -0.05) is 71.7 Å². The lowest BCUT2D eigenvalue weighted by atomic mass is 9.91. The molecule has 3 aliphatic heterocycles. The van der Waals surface area contributed by atoms with Crippen molar-refractivity contribution in [3.8, 4) is 45.1 Å². The Morgan fingerprint density at radius 3 is 2.20 bits per heavy atom. The number of benzene rings is 3. The van der Waals surface area contributed by atoms with E-state index in [0.29, 0.717) is 47.6 Å². The van der Waals surface area contributed by atoms with Gasteiger partial charge in [-0.25, -0.2) is 4.98 Å². The van der Waals surface area contributed by atoms with E-state index in [0.717, 1.165) is 78.0 Å². The topological polar surface area (TPSA) is 105 Å². The van der Waals surface area contributed by atoms with E-state index in [9.17, 15) is 9.59 Å². The number of hydrogen-bond donors (Lipinski definition) is 3. The van der Waals surface area contributed by atoms with Crippen molar-refractivity contribution in [2.75, 3.05) is 33.9 Å². The average Bonchev–Trinajstić information content (AvgIpc) is 3.74. The van der Waals surface area contributed by atoms with Gasteiger partial charge in [-0.15, -0.1) is 0 Å². The van der Waals surface area contributed by atoms with Crippen LogP contribution in [0.4, 0.5) is 0 Å². The molecule has 2 amide bonds. The molecule has 2 atom stereocenters. The number of fused-ring (bicyclic) bond motifs is 1. The van der Waals surface area contributed by atoms with Crippen molar-refractivity contribution < 1.29 is 19.1 Å². The van der Waals surface area contributed by atoms with Crippen LogP contribution in [0.2, 0.25) is 10.0 Å². The molecule has 2 saturated heterocycles. The Labute approximate surface area is 302 Å². The van der Waals surface area contributed by atoms with Crippen LogP contribution in [0, 0.1) is 0 Å². The normalized spacial score (nSPS) is 18.9. The van der Waals surface area contributed by atoms with Gasteiger partial charge in [0.15, 0.2) is 0 Å². The van der Waals surface area contributed by atoms with Crippen LogP contribution >= 0.6 is 23.2 Å². The summed E-state index contributed by atoms with van der Waals surface area (Å²) in [6.07, 6.45) is 3.80. The largest absolute Gasteiger partial charge is 0.496 e. The smallest absolute Gasteiger partial charge is 0.220 e. The fraction of sp³-hybridized carbons (Fsp3) is 0.359. The van der Waals surface area contributed by atoms with Crippen LogP contribution in [0.25, 0.3) is 33.5 Å². The quantitative estimate of drug-likeness (QED) is 0.165. The number of nitrogens with one attached hydrogen (secondary N) is 3. The molecule has 7 rings (SSSR count). The third-order valence-electron chi connectivity index (χ3n) is 9.96. The number of halogens is 2. The highest BCUT2D eigenvalue weighted by Crippen LogP contribution is 2.44. The highest BCUT2D eigenvalue weighted by Gasteiger charge is 2.27. The number of nitrogens with zero attached hydrogens (tertiary/aromatic N) is 2. The number of methoxy groups -OCH3 is 2. The molecule has 9 nitrogen and oxygen atoms in total. The number of rotatable bonds is 11. The second-order valence-electron chi connectivity index (χ2n) is 13.2. The summed E-state index contributed by atoms with van der Waals surface area (Å²) in [5, 5.41) is 10.6. The predicted molar refractivity (Wildman–Crippen MR) is 197 cm³/mol. The number of ether oxygens (including phenoxy) is 2. The summed E-state index contributed by atoms with van der Waals surface area (Å²) >= 11 is 14.4. The Bertz CT molecular complexity index is 1920. The molecule has 3 aliphatic rings. The number of amides is 2. The summed E-state index contributed by atoms with van der Waals surface area (Å²) in [4.78, 5) is 30.5. The van der Waals surface area contributed by atoms with E-state index >= 15 is 0 Å². The Morgan fingerprint density at radius 1 is 0.840 bits per heavy atom. The summed E-state index contributed by atoms with van der Waals surface area (Å²) in [6, 6.07) is 20.5. The Hall–Kier alpha value is -4.15. The molecule has 0 spiro atoms. The highest BCUT2D eigenvalue weighted by molar-refractivity contribution is 6.39. The fourth-order valence-corrected chi connectivity index (χ4v) is 8.01. The molecular weight excluding hydrogens is 673 g/mol. The van der Waals surface area contributed by atoms with Gasteiger partial charge >= 0.3 is 0 Å². The summed E-state index contributed by atoms with van der Waals surface area (Å²) in [7, 11) is 3.32. The second-order valence-corrected chi connectivity index (χ2v) is 14.0. The van der Waals surface area contributed by atoms with E-state index in [2.05, 4.69) is 33.0 Å². The fourth-order valence-electron chi connectivity index (χ4n) is 7.35. The molecule has 4 aromatic rings. The zero-order chi connectivity index (χ0) is 34.8. The number of pyridine rings is 1. The molecule has 4 heterocycles. The molecule has 3 N–H and O–H groups in total. The Morgan fingerprint density at radius 2 is 1.52 bits per heavy atom. The number of carbonyl (C=O) groups is 2. The monoisotopic (exact) mass is 713 g/mol. The molecule has 260 valence electrons. The van der Waals surface area contributed by atoms with Crippen LogP contribution < -0.4 is 25.4 Å². The summed E-state index contributed by atoms with van der Waals surface area (Å²) in [6.45, 7) is 3.78. The van der Waals surface area contributed by atoms with Crippen LogP contribution in [0.1, 0.15) is 42.4 Å². The summed E-state index contributed by atoms with van der Waals surface area (Å²) in [5.41, 5.74) is 8.33. The van der Waals surface area contributed by atoms with Crippen molar-refractivity contribution in [3.63, 3.8) is 0 Å². The molecule has 0 aliphatic carbocycles. The zero-order valence-corrected chi connectivity index (χ0v) is 29.8. The van der Waals surface area contributed by atoms with Crippen LogP contribution in [0.3, 0.4) is 0 Å². The van der Waals surface area contributed by atoms with Gasteiger partial charge in [0, 0.05) is 91.0 Å². The molecule has 0 bridgehead atoms. The van der Waals surface area contributed by atoms with Crippen molar-refractivity contribution >= 4 is 35.0 Å². The Kier molecular flexibility index (Phi) is 10.3. The molecule has 2 fully saturated rings. The maximum Gasteiger partial charge on any atom is 0.220 e. The van der Waals surface area contributed by atoms with Crippen LogP contribution in [-0.4, -0.2) is 67.6 Å². The lowest BCUT2D eigenvalue weighted by Crippen LogP contribution is -2.41. The highest BCUT2D eigenvalue weighted by atomic mass is 35.5. The third-order valence-corrected chi connectivity index (χ3v) is 10.8. The first-order valence-electron chi connectivity index (χ1n) is 17.1. The summed E-state index contributed by atoms with van der Waals surface area (Å²) < 4.78 is 11.6. The molecule has 0 unspecified atom stereocenters. The van der Waals surface area contributed by atoms with Crippen molar-refractivity contribution in [1.82, 2.24) is 25.8 Å². The van der Waals surface area contributed by atoms with Crippen LogP contribution in [0.15, 0.2) is 60.7 Å². The second kappa shape index (κ2) is 15.0. The Balaban J connectivity index is 1.13. The van der Waals surface area contributed by atoms with Gasteiger partial charge < -0.3 is 25.4 Å². The van der Waals surface area contributed by atoms with Gasteiger partial charge in [-0.2, -0.15) is 0 Å². The lowest BCUT2D eigenvalue weighted by Gasteiger charge is -2.32. The van der Waals surface area contributed by atoms with E-state index in [1.54, 1.807) is 14.2 Å². The standard InChI is InChI=1S/C39H41Cl2N5O4/c1-49-34-18-25(17-23-15-16-46(22-32(23)34)21-27-11-14-36(48)44-27)28-5-3-6-29(37(28)40)30-7-4-8-31(38(30)41)33-12-9-24(39(45-33)50-2)19-42-20-26-10-13-35(47)43-26/h3-9,12,17-18,26-27,42H,10-11,13-16,19-22H2,1-2H3,(H,43,47)(H,44,48)/t26-,27-/m0/s1. The first-order valence-corrected chi connectivity index (χ1v) is 17.9. The van der Waals surface area contributed by atoms with Crippen LogP contribution in [0.5, 0.6) is 11.6 Å².